The normalized spacial score (nSPS) is 31.4. The minimum Gasteiger partial charge on any atom is -0.457 e. The van der Waals surface area contributed by atoms with Crippen LogP contribution in [0.5, 0.6) is 11.5 Å². The molecule has 5 saturated carbocycles. The highest BCUT2D eigenvalue weighted by Crippen LogP contribution is 2.56. The summed E-state index contributed by atoms with van der Waals surface area (Å²) < 4.78 is 5.85. The van der Waals surface area contributed by atoms with Crippen LogP contribution in [0.3, 0.4) is 0 Å². The van der Waals surface area contributed by atoms with E-state index in [1.165, 1.54) is 122 Å². The summed E-state index contributed by atoms with van der Waals surface area (Å²) in [6, 6.07) is 25.9. The van der Waals surface area contributed by atoms with Gasteiger partial charge in [-0.3, -0.25) is 0 Å². The topological polar surface area (TPSA) is 9.23 Å². The summed E-state index contributed by atoms with van der Waals surface area (Å²) in [5.41, 5.74) is 16.2. The lowest BCUT2D eigenvalue weighted by molar-refractivity contribution is 0.157. The molecule has 0 aromatic heterocycles. The Labute approximate surface area is 509 Å². The zero-order valence-corrected chi connectivity index (χ0v) is 58.7. The van der Waals surface area contributed by atoms with Crippen molar-refractivity contribution in [1.82, 2.24) is 0 Å². The fourth-order valence-corrected chi connectivity index (χ4v) is 15.6. The van der Waals surface area contributed by atoms with Gasteiger partial charge in [0.05, 0.1) is 0 Å². The third-order valence-corrected chi connectivity index (χ3v) is 23.4. The summed E-state index contributed by atoms with van der Waals surface area (Å²) in [4.78, 5) is 0. The van der Waals surface area contributed by atoms with E-state index in [4.69, 9.17) is 4.74 Å². The van der Waals surface area contributed by atoms with E-state index in [9.17, 15) is 0 Å². The number of ether oxygens (including phenoxy) is 1. The summed E-state index contributed by atoms with van der Waals surface area (Å²) in [5, 5.41) is 2.72. The quantitative estimate of drug-likeness (QED) is 0.175. The first kappa shape index (κ1) is 70.6. The van der Waals surface area contributed by atoms with Gasteiger partial charge in [0.2, 0.25) is 0 Å². The van der Waals surface area contributed by atoms with Crippen LogP contribution in [-0.4, -0.2) is 0 Å². The lowest BCUT2D eigenvalue weighted by Crippen LogP contribution is -2.25. The highest BCUT2D eigenvalue weighted by atomic mass is 16.5. The first-order valence-corrected chi connectivity index (χ1v) is 33.6. The Morgan fingerprint density at radius 3 is 0.744 bits per heavy atom. The van der Waals surface area contributed by atoms with Crippen molar-refractivity contribution in [1.29, 1.82) is 0 Å². The second-order valence-electron chi connectivity index (χ2n) is 29.8. The molecule has 5 fully saturated rings. The summed E-state index contributed by atoms with van der Waals surface area (Å²) in [5.74, 6) is 19.6. The van der Waals surface area contributed by atoms with Gasteiger partial charge in [-0.1, -0.05) is 166 Å². The molecule has 0 radical (unpaired) electrons. The Kier molecular flexibility index (Phi) is 27.6. The van der Waals surface area contributed by atoms with Crippen molar-refractivity contribution in [3.63, 3.8) is 0 Å². The Morgan fingerprint density at radius 1 is 0.268 bits per heavy atom. The van der Waals surface area contributed by atoms with Crippen molar-refractivity contribution in [2.75, 3.05) is 0 Å². The van der Waals surface area contributed by atoms with Crippen LogP contribution in [0.2, 0.25) is 0 Å². The average Bonchev–Trinajstić information content (AvgIpc) is 4.08. The molecule has 0 N–H and O–H groups in total. The van der Waals surface area contributed by atoms with Crippen LogP contribution < -0.4 is 4.74 Å². The van der Waals surface area contributed by atoms with E-state index in [-0.39, 0.29) is 0 Å². The van der Waals surface area contributed by atoms with Gasteiger partial charge in [0.1, 0.15) is 11.5 Å². The standard InChI is InChI=1S/C16H18O.C14H16.C12H22.C10H20.C10H14.C10H20.C9H18/c1-11-5-7-15(9-13(11)3)17-16-8-6-12(2)14(4)10-16;1-9-5-13-7-11(3)12(4)8-14(13)6-10(9)2;1-7-5-8(2)12-10(4)6-9(3)11(7)12;2*1-7-5-9(3)10(4)6-8(7)2;1-5-10-6-7(2)8(3)9(10)4;1-6-5-7(2)9(4)8(6)3/h5-10H,1-4H3;5-8H,1-4H3;7-12H,5-6H2,1-4H3;7-10H,5-6H2,1-4H3;5-6H,1-4H3;7-10H,5-6H2,1-4H3;6-9H,5H2,1-4H3. The number of benzene rings is 5. The maximum atomic E-state index is 5.85. The summed E-state index contributed by atoms with van der Waals surface area (Å²) >= 11 is 0. The number of hydrogen-bond donors (Lipinski definition) is 0. The molecular formula is C81H128O. The minimum atomic E-state index is 0.899. The first-order chi connectivity index (χ1) is 38.3. The van der Waals surface area contributed by atoms with Crippen LogP contribution in [0, 0.1) is 190 Å². The van der Waals surface area contributed by atoms with Gasteiger partial charge in [-0.2, -0.15) is 0 Å². The smallest absolute Gasteiger partial charge is 0.127 e. The van der Waals surface area contributed by atoms with Gasteiger partial charge < -0.3 is 4.74 Å². The Bertz CT molecular complexity index is 2470. The predicted molar refractivity (Wildman–Crippen MR) is 366 cm³/mol. The van der Waals surface area contributed by atoms with Crippen LogP contribution in [-0.2, 0) is 0 Å². The summed E-state index contributed by atoms with van der Waals surface area (Å²) in [6.45, 7) is 64.3. The van der Waals surface area contributed by atoms with Gasteiger partial charge in [0, 0.05) is 0 Å². The molecule has 5 aliphatic rings. The van der Waals surface area contributed by atoms with Crippen molar-refractivity contribution in [2.45, 2.75) is 239 Å². The van der Waals surface area contributed by atoms with Crippen molar-refractivity contribution in [2.24, 2.45) is 107 Å². The molecular weight excluding hydrogens is 989 g/mol. The highest BCUT2D eigenvalue weighted by Gasteiger charge is 2.48. The molecule has 5 aliphatic carbocycles. The Morgan fingerprint density at radius 2 is 0.512 bits per heavy atom. The summed E-state index contributed by atoms with van der Waals surface area (Å²) in [7, 11) is 0. The maximum absolute atomic E-state index is 5.85. The lowest BCUT2D eigenvalue weighted by atomic mass is 9.71. The third kappa shape index (κ3) is 19.6. The predicted octanol–water partition coefficient (Wildman–Crippen LogP) is 24.9. The number of rotatable bonds is 3. The van der Waals surface area contributed by atoms with Crippen molar-refractivity contribution in [3.05, 3.63) is 140 Å². The van der Waals surface area contributed by atoms with E-state index in [1.54, 1.807) is 0 Å². The van der Waals surface area contributed by atoms with Crippen LogP contribution in [0.1, 0.15) is 222 Å². The molecule has 10 rings (SSSR count). The van der Waals surface area contributed by atoms with Gasteiger partial charge in [-0.05, 0) is 330 Å². The summed E-state index contributed by atoms with van der Waals surface area (Å²) in [6.07, 6.45) is 10.2. The minimum absolute atomic E-state index is 0.899. The van der Waals surface area contributed by atoms with Crippen LogP contribution >= 0.6 is 0 Å². The van der Waals surface area contributed by atoms with E-state index < -0.39 is 0 Å². The SMILES string of the molecule is CC1CC(C)C(C)C1C.CC1CC(C)C(C)CC1C.CC1CC(C)C2C(C)CC(C)C12.CCC1CC(C)C(C)C1C.Cc1cc(C)c(C)cc1C.Cc1cc2cc(C)c(C)cc2cc1C.Cc1ccc(Oc2ccc(C)c(C)c2)cc1C. The van der Waals surface area contributed by atoms with Crippen LogP contribution in [0.4, 0.5) is 0 Å². The molecule has 0 bridgehead atoms. The number of hydrogen-bond acceptors (Lipinski definition) is 1. The van der Waals surface area contributed by atoms with E-state index >= 15 is 0 Å². The van der Waals surface area contributed by atoms with Crippen LogP contribution in [0.25, 0.3) is 10.8 Å². The molecule has 0 amide bonds. The zero-order chi connectivity index (χ0) is 61.8. The monoisotopic (exact) mass is 1120 g/mol. The van der Waals surface area contributed by atoms with Crippen molar-refractivity contribution < 1.29 is 4.74 Å². The van der Waals surface area contributed by atoms with E-state index in [0.29, 0.717) is 0 Å². The molecule has 5 aromatic carbocycles. The second kappa shape index (κ2) is 32.1. The molecule has 1 heteroatoms. The van der Waals surface area contributed by atoms with E-state index in [2.05, 4.69) is 255 Å². The van der Waals surface area contributed by atoms with Crippen LogP contribution in [0.15, 0.2) is 72.8 Å². The fourth-order valence-electron chi connectivity index (χ4n) is 15.6. The van der Waals surface area contributed by atoms with E-state index in [0.717, 1.165) is 118 Å². The molecule has 0 spiro atoms. The average molecular weight is 1120 g/mol. The number of fused-ring (bicyclic) bond motifs is 2. The Balaban J connectivity index is 0.000000208. The van der Waals surface area contributed by atoms with Gasteiger partial charge in [-0.25, -0.2) is 0 Å². The maximum Gasteiger partial charge on any atom is 0.127 e. The van der Waals surface area contributed by atoms with Gasteiger partial charge in [0.15, 0.2) is 0 Å². The fraction of sp³-hybridized carbons (Fsp3) is 0.654. The van der Waals surface area contributed by atoms with Crippen molar-refractivity contribution >= 4 is 10.8 Å². The third-order valence-electron chi connectivity index (χ3n) is 23.4. The molecule has 1 nitrogen and oxygen atoms in total. The van der Waals surface area contributed by atoms with E-state index in [1.807, 2.05) is 12.1 Å². The van der Waals surface area contributed by atoms with Gasteiger partial charge >= 0.3 is 0 Å². The zero-order valence-electron chi connectivity index (χ0n) is 58.7. The molecule has 16 atom stereocenters. The first-order valence-electron chi connectivity index (χ1n) is 33.6. The second-order valence-corrected chi connectivity index (χ2v) is 29.8. The highest BCUT2D eigenvalue weighted by molar-refractivity contribution is 5.85. The lowest BCUT2D eigenvalue weighted by Gasteiger charge is -2.35. The largest absolute Gasteiger partial charge is 0.457 e. The molecule has 16 unspecified atom stereocenters. The van der Waals surface area contributed by atoms with Crippen molar-refractivity contribution in [3.8, 4) is 11.5 Å². The van der Waals surface area contributed by atoms with Gasteiger partial charge in [0.25, 0.3) is 0 Å². The molecule has 0 aliphatic heterocycles. The number of aryl methyl sites for hydroxylation is 12. The molecule has 5 aromatic rings. The molecule has 0 saturated heterocycles. The Hall–Kier alpha value is -3.84. The molecule has 0 heterocycles. The molecule has 458 valence electrons. The van der Waals surface area contributed by atoms with Gasteiger partial charge in [-0.15, -0.1) is 0 Å². The molecule has 82 heavy (non-hydrogen) atoms.